The van der Waals surface area contributed by atoms with E-state index < -0.39 is 0 Å². The molecule has 0 aliphatic heterocycles. The third kappa shape index (κ3) is 2.15. The lowest BCUT2D eigenvalue weighted by Crippen LogP contribution is -1.83. The Bertz CT molecular complexity index is 529. The van der Waals surface area contributed by atoms with Crippen LogP contribution in [0.2, 0.25) is 5.02 Å². The van der Waals surface area contributed by atoms with E-state index in [1.165, 1.54) is 0 Å². The molecule has 2 rings (SSSR count). The number of pyridine rings is 1. The highest BCUT2D eigenvalue weighted by molar-refractivity contribution is 6.30. The molecule has 3 heteroatoms. The van der Waals surface area contributed by atoms with Crippen molar-refractivity contribution < 1.29 is 0 Å². The minimum absolute atomic E-state index is 0.620. The molecule has 1 heterocycles. The Morgan fingerprint density at radius 1 is 1.20 bits per heavy atom. The van der Waals surface area contributed by atoms with E-state index in [9.17, 15) is 0 Å². The lowest BCUT2D eigenvalue weighted by Gasteiger charge is -2.00. The van der Waals surface area contributed by atoms with Crippen LogP contribution in [0.25, 0.3) is 11.3 Å². The third-order valence-electron chi connectivity index (χ3n) is 2.01. The number of nitriles is 1. The summed E-state index contributed by atoms with van der Waals surface area (Å²) in [5, 5.41) is 9.41. The smallest absolute Gasteiger partial charge is 0.0991 e. The van der Waals surface area contributed by atoms with Gasteiger partial charge >= 0.3 is 0 Å². The van der Waals surface area contributed by atoms with Crippen molar-refractivity contribution >= 4 is 11.6 Å². The number of halogens is 1. The molecule has 0 atom stereocenters. The van der Waals surface area contributed by atoms with Crippen molar-refractivity contribution in [2.24, 2.45) is 0 Å². The quantitative estimate of drug-likeness (QED) is 0.731. The molecule has 0 bridgehead atoms. The van der Waals surface area contributed by atoms with Crippen LogP contribution in [0.1, 0.15) is 5.56 Å². The van der Waals surface area contributed by atoms with Gasteiger partial charge in [-0.1, -0.05) is 23.7 Å². The summed E-state index contributed by atoms with van der Waals surface area (Å²) >= 11 is 5.86. The van der Waals surface area contributed by atoms with Crippen molar-refractivity contribution in [1.82, 2.24) is 4.98 Å². The summed E-state index contributed by atoms with van der Waals surface area (Å²) in [6, 6.07) is 12.9. The molecule has 0 unspecified atom stereocenters. The van der Waals surface area contributed by atoms with Crippen molar-refractivity contribution in [2.75, 3.05) is 0 Å². The van der Waals surface area contributed by atoms with Crippen LogP contribution >= 0.6 is 11.6 Å². The predicted molar refractivity (Wildman–Crippen MR) is 59.4 cm³/mol. The minimum atomic E-state index is 0.620. The molecule has 0 N–H and O–H groups in total. The predicted octanol–water partition coefficient (Wildman–Crippen LogP) is 3.27. The lowest BCUT2D eigenvalue weighted by molar-refractivity contribution is 1.32. The maximum absolute atomic E-state index is 8.77. The Labute approximate surface area is 92.8 Å². The molecule has 0 aliphatic carbocycles. The van der Waals surface area contributed by atoms with Crippen LogP contribution < -0.4 is 0 Å². The monoisotopic (exact) mass is 214 g/mol. The Kier molecular flexibility index (Phi) is 2.66. The molecule has 0 saturated heterocycles. The van der Waals surface area contributed by atoms with Crippen LogP contribution in [0, 0.1) is 11.3 Å². The van der Waals surface area contributed by atoms with Crippen LogP contribution in [-0.4, -0.2) is 4.98 Å². The molecule has 0 radical (unpaired) electrons. The molecule has 2 nitrogen and oxygen atoms in total. The Hall–Kier alpha value is -1.85. The van der Waals surface area contributed by atoms with Gasteiger partial charge in [0.05, 0.1) is 17.3 Å². The third-order valence-corrected chi connectivity index (χ3v) is 2.24. The fourth-order valence-corrected chi connectivity index (χ4v) is 1.47. The summed E-state index contributed by atoms with van der Waals surface area (Å²) in [5.74, 6) is 0. The van der Waals surface area contributed by atoms with Gasteiger partial charge in [0.15, 0.2) is 0 Å². The van der Waals surface area contributed by atoms with Crippen molar-refractivity contribution in [3.63, 3.8) is 0 Å². The molecule has 1 aromatic carbocycles. The fourth-order valence-electron chi connectivity index (χ4n) is 1.31. The summed E-state index contributed by atoms with van der Waals surface area (Å²) < 4.78 is 0. The van der Waals surface area contributed by atoms with Crippen LogP contribution in [0.5, 0.6) is 0 Å². The highest BCUT2D eigenvalue weighted by Crippen LogP contribution is 2.20. The summed E-state index contributed by atoms with van der Waals surface area (Å²) in [4.78, 5) is 4.19. The highest BCUT2D eigenvalue weighted by atomic mass is 35.5. The van der Waals surface area contributed by atoms with E-state index in [1.54, 1.807) is 30.5 Å². The number of nitrogens with zero attached hydrogens (tertiary/aromatic N) is 2. The van der Waals surface area contributed by atoms with Crippen molar-refractivity contribution in [3.8, 4) is 17.3 Å². The van der Waals surface area contributed by atoms with Gasteiger partial charge in [-0.15, -0.1) is 0 Å². The SMILES string of the molecule is N#Cc1cccc(-c2cc(Cl)ccn2)c1. The average molecular weight is 215 g/mol. The van der Waals surface area contributed by atoms with Crippen LogP contribution in [0.15, 0.2) is 42.6 Å². The van der Waals surface area contributed by atoms with Gasteiger partial charge in [-0.3, -0.25) is 4.98 Å². The molecule has 0 saturated carbocycles. The second-order valence-corrected chi connectivity index (χ2v) is 3.49. The first-order chi connectivity index (χ1) is 7.29. The van der Waals surface area contributed by atoms with E-state index in [0.717, 1.165) is 11.3 Å². The van der Waals surface area contributed by atoms with Gasteiger partial charge in [-0.05, 0) is 24.3 Å². The van der Waals surface area contributed by atoms with Gasteiger partial charge in [0.25, 0.3) is 0 Å². The molecule has 0 spiro atoms. The molecule has 2 aromatic rings. The van der Waals surface area contributed by atoms with E-state index in [-0.39, 0.29) is 0 Å². The van der Waals surface area contributed by atoms with E-state index in [2.05, 4.69) is 11.1 Å². The molecule has 0 aliphatic rings. The highest BCUT2D eigenvalue weighted by Gasteiger charge is 2.00. The minimum Gasteiger partial charge on any atom is -0.256 e. The molecule has 1 aromatic heterocycles. The molecule has 0 fully saturated rings. The molecular weight excluding hydrogens is 208 g/mol. The van der Waals surface area contributed by atoms with E-state index in [1.807, 2.05) is 12.1 Å². The van der Waals surface area contributed by atoms with Crippen LogP contribution in [0.4, 0.5) is 0 Å². The summed E-state index contributed by atoms with van der Waals surface area (Å²) in [6.07, 6.45) is 1.65. The Balaban J connectivity index is 2.50. The van der Waals surface area contributed by atoms with Crippen LogP contribution in [-0.2, 0) is 0 Å². The molecule has 0 amide bonds. The standard InChI is InChI=1S/C12H7ClN2/c13-11-4-5-15-12(7-11)10-3-1-2-9(6-10)8-14/h1-7H. The molecule has 15 heavy (non-hydrogen) atoms. The molecular formula is C12H7ClN2. The second kappa shape index (κ2) is 4.12. The zero-order valence-corrected chi connectivity index (χ0v) is 8.57. The fraction of sp³-hybridized carbons (Fsp3) is 0. The number of aromatic nitrogens is 1. The maximum atomic E-state index is 8.77. The normalized spacial score (nSPS) is 9.60. The van der Waals surface area contributed by atoms with Gasteiger partial charge in [0.2, 0.25) is 0 Å². The average Bonchev–Trinajstić information content (AvgIpc) is 2.29. The first-order valence-corrected chi connectivity index (χ1v) is 4.79. The number of hydrogen-bond donors (Lipinski definition) is 0. The van der Waals surface area contributed by atoms with E-state index in [0.29, 0.717) is 10.6 Å². The zero-order chi connectivity index (χ0) is 10.7. The number of rotatable bonds is 1. The number of benzene rings is 1. The number of hydrogen-bond acceptors (Lipinski definition) is 2. The lowest BCUT2D eigenvalue weighted by atomic mass is 10.1. The molecule has 72 valence electrons. The van der Waals surface area contributed by atoms with E-state index >= 15 is 0 Å². The maximum Gasteiger partial charge on any atom is 0.0991 e. The zero-order valence-electron chi connectivity index (χ0n) is 7.81. The Morgan fingerprint density at radius 3 is 2.80 bits per heavy atom. The van der Waals surface area contributed by atoms with Gasteiger partial charge in [0.1, 0.15) is 0 Å². The van der Waals surface area contributed by atoms with Crippen molar-refractivity contribution in [2.45, 2.75) is 0 Å². The Morgan fingerprint density at radius 2 is 2.07 bits per heavy atom. The van der Waals surface area contributed by atoms with Gasteiger partial charge in [0, 0.05) is 16.8 Å². The largest absolute Gasteiger partial charge is 0.256 e. The first-order valence-electron chi connectivity index (χ1n) is 4.42. The van der Waals surface area contributed by atoms with Gasteiger partial charge in [-0.25, -0.2) is 0 Å². The van der Waals surface area contributed by atoms with Gasteiger partial charge in [-0.2, -0.15) is 5.26 Å². The first kappa shape index (κ1) is 9.70. The van der Waals surface area contributed by atoms with Gasteiger partial charge < -0.3 is 0 Å². The topological polar surface area (TPSA) is 36.7 Å². The second-order valence-electron chi connectivity index (χ2n) is 3.05. The summed E-state index contributed by atoms with van der Waals surface area (Å²) in [5.41, 5.74) is 2.30. The van der Waals surface area contributed by atoms with Crippen molar-refractivity contribution in [3.05, 3.63) is 53.2 Å². The summed E-state index contributed by atoms with van der Waals surface area (Å²) in [7, 11) is 0. The van der Waals surface area contributed by atoms with E-state index in [4.69, 9.17) is 16.9 Å². The van der Waals surface area contributed by atoms with Crippen molar-refractivity contribution in [1.29, 1.82) is 5.26 Å². The summed E-state index contributed by atoms with van der Waals surface area (Å²) in [6.45, 7) is 0. The van der Waals surface area contributed by atoms with Crippen LogP contribution in [0.3, 0.4) is 0 Å².